The largest absolute Gasteiger partial charge is 0.371 e. The van der Waals surface area contributed by atoms with Crippen molar-refractivity contribution in [2.45, 2.75) is 25.7 Å². The van der Waals surface area contributed by atoms with E-state index in [1.165, 1.54) is 18.5 Å². The molecule has 0 bridgehead atoms. The SMILES string of the molecule is O=C(CCc1cn[nH]n1)Nc1cccc(N2CCCC2)c1. The highest BCUT2D eigenvalue weighted by Gasteiger charge is 2.13. The Hall–Kier alpha value is -2.37. The fraction of sp³-hybridized carbons (Fsp3) is 0.400. The number of nitrogens with zero attached hydrogens (tertiary/aromatic N) is 3. The minimum atomic E-state index is -0.00317. The van der Waals surface area contributed by atoms with Gasteiger partial charge in [0.1, 0.15) is 0 Å². The van der Waals surface area contributed by atoms with Gasteiger partial charge < -0.3 is 10.2 Å². The molecule has 3 rings (SSSR count). The number of nitrogens with one attached hydrogen (secondary N) is 2. The summed E-state index contributed by atoms with van der Waals surface area (Å²) < 4.78 is 0. The van der Waals surface area contributed by atoms with E-state index in [9.17, 15) is 4.79 Å². The summed E-state index contributed by atoms with van der Waals surface area (Å²) in [6.45, 7) is 2.20. The van der Waals surface area contributed by atoms with Crippen LogP contribution in [0.5, 0.6) is 0 Å². The molecule has 1 aromatic heterocycles. The van der Waals surface area contributed by atoms with E-state index >= 15 is 0 Å². The molecule has 6 heteroatoms. The van der Waals surface area contributed by atoms with E-state index in [0.29, 0.717) is 12.8 Å². The van der Waals surface area contributed by atoms with Crippen molar-refractivity contribution in [3.05, 3.63) is 36.2 Å². The molecule has 0 atom stereocenters. The summed E-state index contributed by atoms with van der Waals surface area (Å²) in [5, 5.41) is 13.2. The zero-order chi connectivity index (χ0) is 14.5. The van der Waals surface area contributed by atoms with Gasteiger partial charge >= 0.3 is 0 Å². The summed E-state index contributed by atoms with van der Waals surface area (Å²) in [5.41, 5.74) is 2.84. The van der Waals surface area contributed by atoms with Gasteiger partial charge in [0, 0.05) is 37.3 Å². The molecule has 0 spiro atoms. The minimum Gasteiger partial charge on any atom is -0.371 e. The molecule has 1 aromatic carbocycles. The number of carbonyl (C=O) groups excluding carboxylic acids is 1. The first-order valence-corrected chi connectivity index (χ1v) is 7.31. The smallest absolute Gasteiger partial charge is 0.224 e. The summed E-state index contributed by atoms with van der Waals surface area (Å²) in [5.74, 6) is -0.00317. The van der Waals surface area contributed by atoms with E-state index in [1.807, 2.05) is 18.2 Å². The molecule has 6 nitrogen and oxygen atoms in total. The van der Waals surface area contributed by atoms with Gasteiger partial charge in [-0.15, -0.1) is 0 Å². The number of rotatable bonds is 5. The lowest BCUT2D eigenvalue weighted by atomic mass is 10.2. The zero-order valence-electron chi connectivity index (χ0n) is 11.9. The molecule has 0 radical (unpaired) electrons. The fourth-order valence-electron chi connectivity index (χ4n) is 2.57. The number of hydrogen-bond acceptors (Lipinski definition) is 4. The maximum Gasteiger partial charge on any atom is 0.224 e. The van der Waals surface area contributed by atoms with Gasteiger partial charge in [-0.25, -0.2) is 0 Å². The zero-order valence-corrected chi connectivity index (χ0v) is 11.9. The quantitative estimate of drug-likeness (QED) is 0.881. The predicted octanol–water partition coefficient (Wildman–Crippen LogP) is 1.98. The highest BCUT2D eigenvalue weighted by Crippen LogP contribution is 2.23. The van der Waals surface area contributed by atoms with Crippen molar-refractivity contribution in [2.24, 2.45) is 0 Å². The summed E-state index contributed by atoms with van der Waals surface area (Å²) in [4.78, 5) is 14.3. The Morgan fingerprint density at radius 3 is 2.95 bits per heavy atom. The number of anilines is 2. The molecular formula is C15H19N5O. The molecule has 0 aliphatic carbocycles. The Morgan fingerprint density at radius 2 is 2.19 bits per heavy atom. The average Bonchev–Trinajstić information content (AvgIpc) is 3.19. The van der Waals surface area contributed by atoms with Gasteiger partial charge in [-0.3, -0.25) is 4.79 Å². The highest BCUT2D eigenvalue weighted by atomic mass is 16.1. The molecule has 1 amide bonds. The van der Waals surface area contributed by atoms with Gasteiger partial charge in [0.2, 0.25) is 5.91 Å². The number of hydrogen-bond donors (Lipinski definition) is 2. The van der Waals surface area contributed by atoms with Crippen molar-refractivity contribution in [1.29, 1.82) is 0 Å². The molecule has 1 aliphatic heterocycles. The first-order valence-electron chi connectivity index (χ1n) is 7.31. The highest BCUT2D eigenvalue weighted by molar-refractivity contribution is 5.91. The second-order valence-electron chi connectivity index (χ2n) is 5.25. The average molecular weight is 285 g/mol. The molecule has 0 saturated carbocycles. The summed E-state index contributed by atoms with van der Waals surface area (Å²) >= 11 is 0. The third kappa shape index (κ3) is 3.59. The van der Waals surface area contributed by atoms with Crippen molar-refractivity contribution in [3.63, 3.8) is 0 Å². The molecule has 1 fully saturated rings. The maximum atomic E-state index is 12.0. The molecule has 110 valence electrons. The summed E-state index contributed by atoms with van der Waals surface area (Å²) in [6, 6.07) is 8.05. The lowest BCUT2D eigenvalue weighted by Gasteiger charge is -2.18. The summed E-state index contributed by atoms with van der Waals surface area (Å²) in [6.07, 6.45) is 5.12. The van der Waals surface area contributed by atoms with Crippen LogP contribution in [-0.2, 0) is 11.2 Å². The second kappa shape index (κ2) is 6.39. The Kier molecular flexibility index (Phi) is 4.14. The second-order valence-corrected chi connectivity index (χ2v) is 5.25. The van der Waals surface area contributed by atoms with E-state index in [-0.39, 0.29) is 5.91 Å². The predicted molar refractivity (Wildman–Crippen MR) is 81.2 cm³/mol. The standard InChI is InChI=1S/C15H19N5O/c21-15(7-6-13-11-16-19-18-13)17-12-4-3-5-14(10-12)20-8-1-2-9-20/h3-5,10-11H,1-2,6-9H2,(H,17,21)(H,16,18,19). The van der Waals surface area contributed by atoms with Crippen LogP contribution >= 0.6 is 0 Å². The van der Waals surface area contributed by atoms with E-state index in [0.717, 1.165) is 24.5 Å². The molecule has 21 heavy (non-hydrogen) atoms. The van der Waals surface area contributed by atoms with Gasteiger partial charge in [0.15, 0.2) is 0 Å². The van der Waals surface area contributed by atoms with Crippen LogP contribution in [0.15, 0.2) is 30.5 Å². The van der Waals surface area contributed by atoms with Gasteiger partial charge in [-0.1, -0.05) is 6.07 Å². The first kappa shape index (κ1) is 13.6. The number of benzene rings is 1. The van der Waals surface area contributed by atoms with Gasteiger partial charge in [-0.2, -0.15) is 15.4 Å². The molecular weight excluding hydrogens is 266 g/mol. The van der Waals surface area contributed by atoms with Gasteiger partial charge in [-0.05, 0) is 31.0 Å². The van der Waals surface area contributed by atoms with Crippen molar-refractivity contribution in [3.8, 4) is 0 Å². The molecule has 2 heterocycles. The Balaban J connectivity index is 1.56. The van der Waals surface area contributed by atoms with Crippen LogP contribution in [0.4, 0.5) is 11.4 Å². The number of aromatic nitrogens is 3. The van der Waals surface area contributed by atoms with Crippen LogP contribution in [0.2, 0.25) is 0 Å². The molecule has 1 saturated heterocycles. The molecule has 0 unspecified atom stereocenters. The number of carbonyl (C=O) groups is 1. The molecule has 1 aliphatic rings. The van der Waals surface area contributed by atoms with Crippen molar-refractivity contribution < 1.29 is 4.79 Å². The van der Waals surface area contributed by atoms with E-state index in [4.69, 9.17) is 0 Å². The third-order valence-electron chi connectivity index (χ3n) is 3.67. The van der Waals surface area contributed by atoms with Crippen LogP contribution in [0.3, 0.4) is 0 Å². The van der Waals surface area contributed by atoms with Gasteiger partial charge in [0.05, 0.1) is 11.9 Å². The molecule has 2 aromatic rings. The Labute approximate surface area is 123 Å². The lowest BCUT2D eigenvalue weighted by molar-refractivity contribution is -0.116. The normalized spacial score (nSPS) is 14.4. The monoisotopic (exact) mass is 285 g/mol. The van der Waals surface area contributed by atoms with E-state index < -0.39 is 0 Å². The van der Waals surface area contributed by atoms with E-state index in [1.54, 1.807) is 6.20 Å². The Morgan fingerprint density at radius 1 is 1.33 bits per heavy atom. The van der Waals surface area contributed by atoms with Crippen LogP contribution in [0, 0.1) is 0 Å². The lowest BCUT2D eigenvalue weighted by Crippen LogP contribution is -2.18. The Bertz CT molecular complexity index is 590. The molecule has 2 N–H and O–H groups in total. The number of H-pyrrole nitrogens is 1. The van der Waals surface area contributed by atoms with Crippen molar-refractivity contribution >= 4 is 17.3 Å². The topological polar surface area (TPSA) is 73.9 Å². The summed E-state index contributed by atoms with van der Waals surface area (Å²) in [7, 11) is 0. The number of aromatic amines is 1. The minimum absolute atomic E-state index is 0.00317. The third-order valence-corrected chi connectivity index (χ3v) is 3.67. The van der Waals surface area contributed by atoms with Gasteiger partial charge in [0.25, 0.3) is 0 Å². The number of aryl methyl sites for hydroxylation is 1. The van der Waals surface area contributed by atoms with Crippen LogP contribution in [0.25, 0.3) is 0 Å². The fourth-order valence-corrected chi connectivity index (χ4v) is 2.57. The maximum absolute atomic E-state index is 12.0. The van der Waals surface area contributed by atoms with Crippen LogP contribution < -0.4 is 10.2 Å². The number of amides is 1. The van der Waals surface area contributed by atoms with E-state index in [2.05, 4.69) is 31.7 Å². The van der Waals surface area contributed by atoms with Crippen molar-refractivity contribution in [2.75, 3.05) is 23.3 Å². The first-order chi connectivity index (χ1) is 10.3. The van der Waals surface area contributed by atoms with Crippen LogP contribution in [0.1, 0.15) is 25.0 Å². The van der Waals surface area contributed by atoms with Crippen LogP contribution in [-0.4, -0.2) is 34.4 Å². The van der Waals surface area contributed by atoms with Crippen molar-refractivity contribution in [1.82, 2.24) is 15.4 Å².